The van der Waals surface area contributed by atoms with Gasteiger partial charge in [0.25, 0.3) is 0 Å². The molecule has 2 aromatic carbocycles. The Morgan fingerprint density at radius 2 is 1.72 bits per heavy atom. The third-order valence-electron chi connectivity index (χ3n) is 4.93. The highest BCUT2D eigenvalue weighted by molar-refractivity contribution is 7.13. The van der Waals surface area contributed by atoms with Crippen LogP contribution in [0.25, 0.3) is 0 Å². The van der Waals surface area contributed by atoms with Crippen molar-refractivity contribution in [2.24, 2.45) is 5.10 Å². The number of ether oxygens (including phenoxy) is 3. The summed E-state index contributed by atoms with van der Waals surface area (Å²) >= 11 is 1.60. The van der Waals surface area contributed by atoms with Gasteiger partial charge in [0, 0.05) is 17.4 Å². The number of thiazole rings is 1. The van der Waals surface area contributed by atoms with E-state index < -0.39 is 0 Å². The summed E-state index contributed by atoms with van der Waals surface area (Å²) in [7, 11) is 4.95. The van der Waals surface area contributed by atoms with Gasteiger partial charge in [0.2, 0.25) is 5.13 Å². The fraction of sp³-hybridized carbons (Fsp3) is 0.273. The monoisotopic (exact) mass is 409 g/mol. The number of aryl methyl sites for hydroxylation is 1. The van der Waals surface area contributed by atoms with Gasteiger partial charge in [-0.25, -0.2) is 9.99 Å². The first kappa shape index (κ1) is 19.3. The minimum Gasteiger partial charge on any atom is -0.497 e. The van der Waals surface area contributed by atoms with Crippen LogP contribution in [0.15, 0.2) is 52.9 Å². The lowest BCUT2D eigenvalue weighted by molar-refractivity contribution is 0.355. The van der Waals surface area contributed by atoms with Gasteiger partial charge in [0.05, 0.1) is 38.8 Å². The number of nitrogens with zero attached hydrogens (tertiary/aromatic N) is 3. The first-order valence-electron chi connectivity index (χ1n) is 9.28. The van der Waals surface area contributed by atoms with Crippen LogP contribution in [0.4, 0.5) is 5.13 Å². The molecule has 6 nitrogen and oxygen atoms in total. The molecule has 0 spiro atoms. The Hall–Kier alpha value is -3.06. The fourth-order valence-corrected chi connectivity index (χ4v) is 4.21. The molecule has 0 bridgehead atoms. The Morgan fingerprint density at radius 1 is 0.966 bits per heavy atom. The standard InChI is InChI=1S/C22H23N3O3S/c1-14-13-29-22(23-14)25-19(15-5-8-17(26-2)9-6-15)12-18(24-25)16-7-10-20(27-3)21(11-16)28-4/h5-11,13,19H,12H2,1-4H3/t19-/m0/s1. The SMILES string of the molecule is COc1ccc([C@@H]2CC(c3ccc(OC)c(OC)c3)=NN2c2nc(C)cs2)cc1. The third kappa shape index (κ3) is 3.78. The van der Waals surface area contributed by atoms with Crippen molar-refractivity contribution in [3.8, 4) is 17.2 Å². The maximum Gasteiger partial charge on any atom is 0.206 e. The van der Waals surface area contributed by atoms with Gasteiger partial charge in [-0.15, -0.1) is 11.3 Å². The molecule has 2 heterocycles. The summed E-state index contributed by atoms with van der Waals surface area (Å²) in [4.78, 5) is 4.66. The van der Waals surface area contributed by atoms with Crippen LogP contribution >= 0.6 is 11.3 Å². The zero-order valence-corrected chi connectivity index (χ0v) is 17.7. The molecular weight excluding hydrogens is 386 g/mol. The van der Waals surface area contributed by atoms with E-state index in [0.717, 1.165) is 39.8 Å². The molecule has 1 atom stereocenters. The molecule has 7 heteroatoms. The molecule has 0 saturated carbocycles. The molecule has 0 radical (unpaired) electrons. The first-order chi connectivity index (χ1) is 14.1. The molecule has 0 fully saturated rings. The smallest absolute Gasteiger partial charge is 0.206 e. The lowest BCUT2D eigenvalue weighted by Gasteiger charge is -2.21. The van der Waals surface area contributed by atoms with E-state index in [1.165, 1.54) is 0 Å². The Morgan fingerprint density at radius 3 is 2.34 bits per heavy atom. The normalized spacial score (nSPS) is 15.9. The molecule has 4 rings (SSSR count). The van der Waals surface area contributed by atoms with Crippen molar-refractivity contribution in [2.75, 3.05) is 26.3 Å². The largest absolute Gasteiger partial charge is 0.497 e. The zero-order chi connectivity index (χ0) is 20.4. The second-order valence-electron chi connectivity index (χ2n) is 6.73. The van der Waals surface area contributed by atoms with Crippen LogP contribution in [0.2, 0.25) is 0 Å². The number of rotatable bonds is 6. The van der Waals surface area contributed by atoms with Gasteiger partial charge in [-0.1, -0.05) is 12.1 Å². The predicted molar refractivity (Wildman–Crippen MR) is 116 cm³/mol. The van der Waals surface area contributed by atoms with Gasteiger partial charge >= 0.3 is 0 Å². The quantitative estimate of drug-likeness (QED) is 0.583. The molecule has 1 aromatic heterocycles. The van der Waals surface area contributed by atoms with Crippen LogP contribution in [-0.2, 0) is 0 Å². The highest BCUT2D eigenvalue weighted by Crippen LogP contribution is 2.39. The number of aromatic nitrogens is 1. The Kier molecular flexibility index (Phi) is 5.40. The van der Waals surface area contributed by atoms with E-state index in [4.69, 9.17) is 19.3 Å². The van der Waals surface area contributed by atoms with Crippen LogP contribution in [-0.4, -0.2) is 32.0 Å². The first-order valence-corrected chi connectivity index (χ1v) is 10.2. The minimum atomic E-state index is 0.0644. The van der Waals surface area contributed by atoms with Crippen LogP contribution in [0.3, 0.4) is 0 Å². The van der Waals surface area contributed by atoms with Crippen molar-refractivity contribution >= 4 is 22.2 Å². The van der Waals surface area contributed by atoms with Crippen molar-refractivity contribution in [2.45, 2.75) is 19.4 Å². The van der Waals surface area contributed by atoms with Crippen LogP contribution in [0, 0.1) is 6.92 Å². The maximum atomic E-state index is 5.47. The Balaban J connectivity index is 1.72. The molecule has 0 N–H and O–H groups in total. The number of hydrazone groups is 1. The fourth-order valence-electron chi connectivity index (χ4n) is 3.41. The molecule has 0 amide bonds. The van der Waals surface area contributed by atoms with E-state index in [1.54, 1.807) is 32.7 Å². The van der Waals surface area contributed by atoms with E-state index in [0.29, 0.717) is 11.5 Å². The predicted octanol–water partition coefficient (Wildman–Crippen LogP) is 4.83. The van der Waals surface area contributed by atoms with E-state index in [-0.39, 0.29) is 6.04 Å². The Labute approximate surface area is 174 Å². The number of benzene rings is 2. The summed E-state index contributed by atoms with van der Waals surface area (Å²) in [5.41, 5.74) is 4.16. The van der Waals surface area contributed by atoms with Gasteiger partial charge in [-0.2, -0.15) is 5.10 Å². The van der Waals surface area contributed by atoms with Crippen LogP contribution < -0.4 is 19.2 Å². The van der Waals surface area contributed by atoms with Crippen LogP contribution in [0.5, 0.6) is 17.2 Å². The average Bonchev–Trinajstić information content (AvgIpc) is 3.39. The van der Waals surface area contributed by atoms with Gasteiger partial charge in [0.15, 0.2) is 11.5 Å². The van der Waals surface area contributed by atoms with E-state index in [9.17, 15) is 0 Å². The lowest BCUT2D eigenvalue weighted by Crippen LogP contribution is -2.18. The summed E-state index contributed by atoms with van der Waals surface area (Å²) in [6.07, 6.45) is 0.764. The number of anilines is 1. The number of methoxy groups -OCH3 is 3. The maximum absolute atomic E-state index is 5.47. The molecule has 0 saturated heterocycles. The molecule has 0 aliphatic carbocycles. The number of hydrogen-bond donors (Lipinski definition) is 0. The molecule has 0 unspecified atom stereocenters. The third-order valence-corrected chi connectivity index (χ3v) is 5.88. The molecular formula is C22H23N3O3S. The molecule has 150 valence electrons. The lowest BCUT2D eigenvalue weighted by atomic mass is 9.98. The summed E-state index contributed by atoms with van der Waals surface area (Å²) in [6.45, 7) is 2.00. The number of hydrogen-bond acceptors (Lipinski definition) is 7. The van der Waals surface area contributed by atoms with Crippen molar-refractivity contribution < 1.29 is 14.2 Å². The summed E-state index contributed by atoms with van der Waals surface area (Å²) < 4.78 is 16.1. The van der Waals surface area contributed by atoms with Crippen molar-refractivity contribution in [1.29, 1.82) is 0 Å². The van der Waals surface area contributed by atoms with Gasteiger partial charge in [-0.3, -0.25) is 0 Å². The highest BCUT2D eigenvalue weighted by Gasteiger charge is 2.32. The summed E-state index contributed by atoms with van der Waals surface area (Å²) in [6, 6.07) is 14.1. The minimum absolute atomic E-state index is 0.0644. The van der Waals surface area contributed by atoms with Gasteiger partial charge in [-0.05, 0) is 42.8 Å². The van der Waals surface area contributed by atoms with Crippen molar-refractivity contribution in [1.82, 2.24) is 4.98 Å². The molecule has 3 aromatic rings. The van der Waals surface area contributed by atoms with E-state index in [1.807, 2.05) is 47.6 Å². The summed E-state index contributed by atoms with van der Waals surface area (Å²) in [5.74, 6) is 2.23. The zero-order valence-electron chi connectivity index (χ0n) is 16.9. The average molecular weight is 410 g/mol. The second kappa shape index (κ2) is 8.13. The van der Waals surface area contributed by atoms with Gasteiger partial charge in [0.1, 0.15) is 5.75 Å². The van der Waals surface area contributed by atoms with Crippen molar-refractivity contribution in [3.63, 3.8) is 0 Å². The second-order valence-corrected chi connectivity index (χ2v) is 7.56. The molecule has 1 aliphatic rings. The topological polar surface area (TPSA) is 56.2 Å². The van der Waals surface area contributed by atoms with E-state index in [2.05, 4.69) is 17.1 Å². The molecule has 1 aliphatic heterocycles. The van der Waals surface area contributed by atoms with Crippen LogP contribution in [0.1, 0.15) is 29.3 Å². The van der Waals surface area contributed by atoms with Gasteiger partial charge < -0.3 is 14.2 Å². The molecule has 29 heavy (non-hydrogen) atoms. The summed E-state index contributed by atoms with van der Waals surface area (Å²) in [5, 5.41) is 9.90. The van der Waals surface area contributed by atoms with E-state index >= 15 is 0 Å². The van der Waals surface area contributed by atoms with Crippen molar-refractivity contribution in [3.05, 3.63) is 64.7 Å². The highest BCUT2D eigenvalue weighted by atomic mass is 32.1. The Bertz CT molecular complexity index is 1030.